The lowest BCUT2D eigenvalue weighted by molar-refractivity contribution is 0.245. The molecule has 0 bridgehead atoms. The summed E-state index contributed by atoms with van der Waals surface area (Å²) < 4.78 is 24.0. The summed E-state index contributed by atoms with van der Waals surface area (Å²) in [5.41, 5.74) is 0. The summed E-state index contributed by atoms with van der Waals surface area (Å²) in [6.45, 7) is 2.78. The molecular formula is C9H20N2O2S. The standard InChI is InChI=1S/C9H20N2O2S/c1-8-6-9(7-8)10-4-5-14(12,13)11(2)3/h8-10H,4-7H2,1-3H3. The molecular weight excluding hydrogens is 200 g/mol. The number of rotatable bonds is 5. The maximum absolute atomic E-state index is 11.4. The zero-order valence-corrected chi connectivity index (χ0v) is 9.97. The van der Waals surface area contributed by atoms with Crippen LogP contribution >= 0.6 is 0 Å². The zero-order valence-electron chi connectivity index (χ0n) is 9.16. The van der Waals surface area contributed by atoms with Crippen molar-refractivity contribution in [1.82, 2.24) is 9.62 Å². The van der Waals surface area contributed by atoms with Crippen molar-refractivity contribution < 1.29 is 8.42 Å². The van der Waals surface area contributed by atoms with Gasteiger partial charge in [0.25, 0.3) is 0 Å². The molecule has 0 radical (unpaired) electrons. The van der Waals surface area contributed by atoms with Gasteiger partial charge >= 0.3 is 0 Å². The molecule has 0 saturated heterocycles. The summed E-state index contributed by atoms with van der Waals surface area (Å²) in [4.78, 5) is 0. The van der Waals surface area contributed by atoms with E-state index in [0.717, 1.165) is 5.92 Å². The molecule has 0 aromatic carbocycles. The molecule has 4 nitrogen and oxygen atoms in total. The maximum atomic E-state index is 11.4. The highest BCUT2D eigenvalue weighted by atomic mass is 32.2. The van der Waals surface area contributed by atoms with Gasteiger partial charge in [-0.15, -0.1) is 0 Å². The van der Waals surface area contributed by atoms with Gasteiger partial charge in [-0.3, -0.25) is 0 Å². The Bertz CT molecular complexity index is 269. The third-order valence-electron chi connectivity index (χ3n) is 2.72. The summed E-state index contributed by atoms with van der Waals surface area (Å²) in [6, 6.07) is 0.544. The van der Waals surface area contributed by atoms with Crippen LogP contribution in [0.25, 0.3) is 0 Å². The van der Waals surface area contributed by atoms with Gasteiger partial charge in [-0.1, -0.05) is 6.92 Å². The molecule has 0 amide bonds. The van der Waals surface area contributed by atoms with E-state index in [1.807, 2.05) is 0 Å². The normalized spacial score (nSPS) is 27.7. The predicted molar refractivity (Wildman–Crippen MR) is 57.7 cm³/mol. The monoisotopic (exact) mass is 220 g/mol. The number of nitrogens with one attached hydrogen (secondary N) is 1. The minimum atomic E-state index is -3.02. The van der Waals surface area contributed by atoms with Crippen molar-refractivity contribution >= 4 is 10.0 Å². The summed E-state index contributed by atoms with van der Waals surface area (Å²) in [5, 5.41) is 3.25. The molecule has 14 heavy (non-hydrogen) atoms. The van der Waals surface area contributed by atoms with E-state index in [1.54, 1.807) is 14.1 Å². The van der Waals surface area contributed by atoms with Crippen molar-refractivity contribution in [2.24, 2.45) is 5.92 Å². The van der Waals surface area contributed by atoms with E-state index >= 15 is 0 Å². The molecule has 1 rings (SSSR count). The second-order valence-electron chi connectivity index (χ2n) is 4.33. The van der Waals surface area contributed by atoms with Crippen molar-refractivity contribution in [2.45, 2.75) is 25.8 Å². The van der Waals surface area contributed by atoms with E-state index in [4.69, 9.17) is 0 Å². The van der Waals surface area contributed by atoms with E-state index in [2.05, 4.69) is 12.2 Å². The van der Waals surface area contributed by atoms with Crippen LogP contribution < -0.4 is 5.32 Å². The van der Waals surface area contributed by atoms with Crippen LogP contribution in [0.4, 0.5) is 0 Å². The Kier molecular flexibility index (Phi) is 3.92. The highest BCUT2D eigenvalue weighted by Gasteiger charge is 2.25. The van der Waals surface area contributed by atoms with Crippen LogP contribution in [0.2, 0.25) is 0 Å². The topological polar surface area (TPSA) is 49.4 Å². The van der Waals surface area contributed by atoms with Gasteiger partial charge in [0.05, 0.1) is 5.75 Å². The van der Waals surface area contributed by atoms with Crippen LogP contribution in [0.5, 0.6) is 0 Å². The van der Waals surface area contributed by atoms with Crippen molar-refractivity contribution in [3.63, 3.8) is 0 Å². The van der Waals surface area contributed by atoms with Crippen LogP contribution in [0.15, 0.2) is 0 Å². The maximum Gasteiger partial charge on any atom is 0.214 e. The van der Waals surface area contributed by atoms with Crippen LogP contribution in [-0.4, -0.2) is 45.2 Å². The van der Waals surface area contributed by atoms with Crippen LogP contribution in [-0.2, 0) is 10.0 Å². The minimum absolute atomic E-state index is 0.199. The number of nitrogens with zero attached hydrogens (tertiary/aromatic N) is 1. The Morgan fingerprint density at radius 2 is 1.93 bits per heavy atom. The molecule has 1 N–H and O–H groups in total. The number of sulfonamides is 1. The van der Waals surface area contributed by atoms with Gasteiger partial charge in [0.15, 0.2) is 0 Å². The predicted octanol–water partition coefficient (Wildman–Crippen LogP) is 0.266. The lowest BCUT2D eigenvalue weighted by atomic mass is 9.82. The van der Waals surface area contributed by atoms with Gasteiger partial charge in [-0.05, 0) is 18.8 Å². The van der Waals surface area contributed by atoms with E-state index < -0.39 is 10.0 Å². The van der Waals surface area contributed by atoms with Gasteiger partial charge in [-0.25, -0.2) is 12.7 Å². The fourth-order valence-electron chi connectivity index (χ4n) is 1.64. The van der Waals surface area contributed by atoms with Gasteiger partial charge in [0.2, 0.25) is 10.0 Å². The third-order valence-corrected chi connectivity index (χ3v) is 4.56. The van der Waals surface area contributed by atoms with E-state index in [1.165, 1.54) is 17.1 Å². The zero-order chi connectivity index (χ0) is 10.8. The van der Waals surface area contributed by atoms with Crippen molar-refractivity contribution in [2.75, 3.05) is 26.4 Å². The average molecular weight is 220 g/mol. The first-order valence-electron chi connectivity index (χ1n) is 5.05. The lowest BCUT2D eigenvalue weighted by Crippen LogP contribution is -2.43. The average Bonchev–Trinajstić information content (AvgIpc) is 2.00. The Balaban J connectivity index is 2.15. The molecule has 0 aromatic heterocycles. The Morgan fingerprint density at radius 3 is 2.36 bits per heavy atom. The minimum Gasteiger partial charge on any atom is -0.313 e. The molecule has 0 aliphatic heterocycles. The first kappa shape index (κ1) is 11.9. The number of hydrogen-bond donors (Lipinski definition) is 1. The molecule has 0 atom stereocenters. The second-order valence-corrected chi connectivity index (χ2v) is 6.63. The van der Waals surface area contributed by atoms with Crippen LogP contribution in [0, 0.1) is 5.92 Å². The largest absolute Gasteiger partial charge is 0.313 e. The van der Waals surface area contributed by atoms with Crippen LogP contribution in [0.1, 0.15) is 19.8 Å². The first-order valence-corrected chi connectivity index (χ1v) is 6.66. The van der Waals surface area contributed by atoms with Crippen molar-refractivity contribution in [1.29, 1.82) is 0 Å². The molecule has 0 heterocycles. The summed E-state index contributed by atoms with van der Waals surface area (Å²) in [5.74, 6) is 1.00. The lowest BCUT2D eigenvalue weighted by Gasteiger charge is -2.33. The van der Waals surface area contributed by atoms with E-state index in [-0.39, 0.29) is 5.75 Å². The van der Waals surface area contributed by atoms with Crippen molar-refractivity contribution in [3.8, 4) is 0 Å². The second kappa shape index (κ2) is 4.59. The molecule has 1 aliphatic carbocycles. The quantitative estimate of drug-likeness (QED) is 0.723. The molecule has 0 aromatic rings. The summed E-state index contributed by atoms with van der Waals surface area (Å²) in [6.07, 6.45) is 2.37. The molecule has 0 unspecified atom stereocenters. The highest BCUT2D eigenvalue weighted by Crippen LogP contribution is 2.25. The summed E-state index contributed by atoms with van der Waals surface area (Å²) >= 11 is 0. The fraction of sp³-hybridized carbons (Fsp3) is 1.00. The summed E-state index contributed by atoms with van der Waals surface area (Å²) in [7, 11) is 0.120. The smallest absolute Gasteiger partial charge is 0.214 e. The van der Waals surface area contributed by atoms with Gasteiger partial charge in [0.1, 0.15) is 0 Å². The molecule has 0 spiro atoms. The Hall–Kier alpha value is -0.130. The van der Waals surface area contributed by atoms with Gasteiger partial charge < -0.3 is 5.32 Å². The fourth-order valence-corrected chi connectivity index (χ4v) is 2.38. The van der Waals surface area contributed by atoms with E-state index in [9.17, 15) is 8.42 Å². The van der Waals surface area contributed by atoms with Gasteiger partial charge in [0, 0.05) is 26.7 Å². The highest BCUT2D eigenvalue weighted by molar-refractivity contribution is 7.89. The Labute approximate surface area is 86.7 Å². The molecule has 84 valence electrons. The van der Waals surface area contributed by atoms with Crippen LogP contribution in [0.3, 0.4) is 0 Å². The SMILES string of the molecule is CC1CC(NCCS(=O)(=O)N(C)C)C1. The molecule has 5 heteroatoms. The molecule has 1 aliphatic rings. The molecule has 1 fully saturated rings. The first-order chi connectivity index (χ1) is 6.42. The van der Waals surface area contributed by atoms with Gasteiger partial charge in [-0.2, -0.15) is 0 Å². The Morgan fingerprint density at radius 1 is 1.36 bits per heavy atom. The van der Waals surface area contributed by atoms with Crippen molar-refractivity contribution in [3.05, 3.63) is 0 Å². The molecule has 1 saturated carbocycles. The number of hydrogen-bond acceptors (Lipinski definition) is 3. The van der Waals surface area contributed by atoms with E-state index in [0.29, 0.717) is 12.6 Å². The third kappa shape index (κ3) is 3.22.